The lowest BCUT2D eigenvalue weighted by atomic mass is 9.86. The Morgan fingerprint density at radius 2 is 1.71 bits per heavy atom. The molecule has 2 aromatic rings. The third-order valence-electron chi connectivity index (χ3n) is 6.53. The van der Waals surface area contributed by atoms with Crippen molar-refractivity contribution in [3.05, 3.63) is 59.2 Å². The van der Waals surface area contributed by atoms with Crippen LogP contribution in [0.1, 0.15) is 75.1 Å². The van der Waals surface area contributed by atoms with Crippen LogP contribution in [0.5, 0.6) is 5.75 Å². The van der Waals surface area contributed by atoms with Gasteiger partial charge in [-0.1, -0.05) is 69.9 Å². The van der Waals surface area contributed by atoms with E-state index in [9.17, 15) is 23.5 Å². The maximum atomic E-state index is 11.8. The molecule has 5 N–H and O–H groups in total. The van der Waals surface area contributed by atoms with Gasteiger partial charge in [0.2, 0.25) is 0 Å². The summed E-state index contributed by atoms with van der Waals surface area (Å²) in [6, 6.07) is 12.8. The van der Waals surface area contributed by atoms with Crippen molar-refractivity contribution in [1.29, 1.82) is 0 Å². The van der Waals surface area contributed by atoms with Gasteiger partial charge in [0.05, 0.1) is 30.0 Å². The normalized spacial score (nSPS) is 20.3. The Morgan fingerprint density at radius 3 is 2.24 bits per heavy atom. The van der Waals surface area contributed by atoms with E-state index < -0.39 is 29.9 Å². The zero-order chi connectivity index (χ0) is 25.0. The van der Waals surface area contributed by atoms with Crippen LogP contribution in [0.2, 0.25) is 0 Å². The molecule has 0 amide bonds. The summed E-state index contributed by atoms with van der Waals surface area (Å²) in [6.07, 6.45) is 5.00. The summed E-state index contributed by atoms with van der Waals surface area (Å²) < 4.78 is 40.4. The molecule has 0 saturated heterocycles. The fourth-order valence-corrected chi connectivity index (χ4v) is 7.78. The minimum absolute atomic E-state index is 0.165. The smallest absolute Gasteiger partial charge is 0.330 e. The van der Waals surface area contributed by atoms with Crippen LogP contribution < -0.4 is 10.1 Å². The van der Waals surface area contributed by atoms with E-state index in [1.165, 1.54) is 13.2 Å². The summed E-state index contributed by atoms with van der Waals surface area (Å²) in [6.45, 7) is 4.26. The van der Waals surface area contributed by atoms with Gasteiger partial charge in [0.25, 0.3) is 0 Å². The first kappa shape index (κ1) is 27.2. The van der Waals surface area contributed by atoms with Gasteiger partial charge < -0.3 is 14.5 Å². The first-order valence-corrected chi connectivity index (χ1v) is 15.4. The maximum absolute atomic E-state index is 11.8. The van der Waals surface area contributed by atoms with E-state index in [0.29, 0.717) is 16.2 Å². The number of benzene rings is 2. The van der Waals surface area contributed by atoms with Crippen molar-refractivity contribution >= 4 is 18.2 Å². The zero-order valence-electron chi connectivity index (χ0n) is 20.2. The Morgan fingerprint density at radius 1 is 1.09 bits per heavy atom. The highest BCUT2D eigenvalue weighted by atomic mass is 32.3. The van der Waals surface area contributed by atoms with E-state index in [0.717, 1.165) is 44.1 Å². The van der Waals surface area contributed by atoms with Crippen molar-refractivity contribution in [2.24, 2.45) is 0 Å². The molecule has 3 rings (SSSR count). The van der Waals surface area contributed by atoms with Gasteiger partial charge in [-0.25, -0.2) is 0 Å². The molecule has 1 heterocycles. The molecule has 0 bridgehead atoms. The Hall–Kier alpha value is -1.38. The van der Waals surface area contributed by atoms with Gasteiger partial charge in [-0.05, 0) is 30.5 Å². The van der Waals surface area contributed by atoms with Gasteiger partial charge in [-0.2, -0.15) is 10.6 Å². The Bertz CT molecular complexity index is 1000. The van der Waals surface area contributed by atoms with Gasteiger partial charge in [0, 0.05) is 16.7 Å². The molecule has 0 radical (unpaired) electrons. The second kappa shape index (κ2) is 11.1. The third-order valence-corrected chi connectivity index (χ3v) is 9.30. The van der Waals surface area contributed by atoms with Gasteiger partial charge in [-0.3, -0.25) is 19.0 Å². The summed E-state index contributed by atoms with van der Waals surface area (Å²) >= 11 is 0. The lowest BCUT2D eigenvalue weighted by Gasteiger charge is -2.42. The second-order valence-corrected chi connectivity index (χ2v) is 13.0. The molecule has 0 aliphatic carbocycles. The fourth-order valence-electron chi connectivity index (χ4n) is 4.90. The maximum Gasteiger partial charge on any atom is 0.330 e. The lowest BCUT2D eigenvalue weighted by Crippen LogP contribution is -2.50. The number of methoxy groups -OCH3 is 1. The van der Waals surface area contributed by atoms with Crippen LogP contribution in [0.15, 0.2) is 47.4 Å². The predicted octanol–water partition coefficient (Wildman–Crippen LogP) is 6.29. The number of rotatable bonds is 10. The van der Waals surface area contributed by atoms with Gasteiger partial charge in [0.15, 0.2) is 0 Å². The van der Waals surface area contributed by atoms with Gasteiger partial charge >= 0.3 is 7.60 Å². The molecular weight excluding hydrogens is 473 g/mol. The van der Waals surface area contributed by atoms with E-state index in [4.69, 9.17) is 4.74 Å². The largest absolute Gasteiger partial charge is 0.496 e. The molecule has 0 saturated carbocycles. The van der Waals surface area contributed by atoms with E-state index in [1.54, 1.807) is 6.07 Å². The molecule has 1 unspecified atom stereocenters. The monoisotopic (exact) mass is 511 g/mol. The average Bonchev–Trinajstić information content (AvgIpc) is 2.88. The molecule has 0 fully saturated rings. The minimum atomic E-state index is -4.39. The molecule has 190 valence electrons. The van der Waals surface area contributed by atoms with E-state index in [-0.39, 0.29) is 17.4 Å². The fraction of sp³-hybridized carbons (Fsp3) is 0.520. The number of fused-ring (bicyclic) bond motifs is 1. The Kier molecular flexibility index (Phi) is 8.90. The highest BCUT2D eigenvalue weighted by Gasteiger charge is 2.43. The summed E-state index contributed by atoms with van der Waals surface area (Å²) in [5.74, 6) is 0.493. The van der Waals surface area contributed by atoms with Crippen LogP contribution in [-0.2, 0) is 10.7 Å². The van der Waals surface area contributed by atoms with E-state index in [1.807, 2.05) is 30.3 Å². The number of hydrogen-bond acceptors (Lipinski definition) is 5. The molecule has 1 atom stereocenters. The molecule has 0 aromatic heterocycles. The topological polar surface area (TPSA) is 119 Å². The van der Waals surface area contributed by atoms with Crippen molar-refractivity contribution in [3.8, 4) is 5.75 Å². The van der Waals surface area contributed by atoms with E-state index >= 15 is 0 Å². The Balaban J connectivity index is 2.25. The standard InChI is InChI=1S/C25H38NO6PS/c1-4-6-13-25(14-7-5-2)18-34(30,31)23-15-20(17-33(27,28)29)22(32-3)16-21(23)24(26-25)19-11-9-8-10-12-19/h8-12,15-16,24,26,30-31H,4-7,13-14,17-18H2,1-3H3,(H2,27,28,29). The van der Waals surface area contributed by atoms with Crippen molar-refractivity contribution in [2.45, 2.75) is 75.0 Å². The molecule has 7 nitrogen and oxygen atoms in total. The molecule has 0 spiro atoms. The van der Waals surface area contributed by atoms with Crippen molar-refractivity contribution in [1.82, 2.24) is 5.32 Å². The van der Waals surface area contributed by atoms with Crippen LogP contribution in [0.3, 0.4) is 0 Å². The summed E-state index contributed by atoms with van der Waals surface area (Å²) in [7, 11) is -6.20. The first-order valence-electron chi connectivity index (χ1n) is 11.9. The predicted molar refractivity (Wildman–Crippen MR) is 138 cm³/mol. The highest BCUT2D eigenvalue weighted by molar-refractivity contribution is 8.24. The van der Waals surface area contributed by atoms with Crippen LogP contribution in [0, 0.1) is 0 Å². The zero-order valence-corrected chi connectivity index (χ0v) is 21.9. The second-order valence-electron chi connectivity index (χ2n) is 9.31. The average molecular weight is 512 g/mol. The molecule has 1 aliphatic heterocycles. The number of unbranched alkanes of at least 4 members (excludes halogenated alkanes) is 2. The summed E-state index contributed by atoms with van der Waals surface area (Å²) in [5.41, 5.74) is 1.45. The minimum Gasteiger partial charge on any atom is -0.496 e. The van der Waals surface area contributed by atoms with Crippen LogP contribution in [0.25, 0.3) is 0 Å². The number of hydrogen-bond donors (Lipinski definition) is 5. The number of ether oxygens (including phenoxy) is 1. The van der Waals surface area contributed by atoms with Crippen LogP contribution in [-0.4, -0.2) is 37.3 Å². The molecule has 9 heteroatoms. The van der Waals surface area contributed by atoms with Gasteiger partial charge in [0.1, 0.15) is 5.75 Å². The van der Waals surface area contributed by atoms with Crippen molar-refractivity contribution in [3.63, 3.8) is 0 Å². The lowest BCUT2D eigenvalue weighted by molar-refractivity contribution is 0.274. The third kappa shape index (κ3) is 6.43. The van der Waals surface area contributed by atoms with E-state index in [2.05, 4.69) is 19.2 Å². The first-order chi connectivity index (χ1) is 16.0. The van der Waals surface area contributed by atoms with Gasteiger partial charge in [-0.15, -0.1) is 0 Å². The highest BCUT2D eigenvalue weighted by Crippen LogP contribution is 2.59. The quantitative estimate of drug-likeness (QED) is 0.238. The molecule has 34 heavy (non-hydrogen) atoms. The van der Waals surface area contributed by atoms with Crippen LogP contribution in [0.4, 0.5) is 0 Å². The molecular formula is C25H38NO6PS. The van der Waals surface area contributed by atoms with Crippen LogP contribution >= 0.6 is 18.2 Å². The summed E-state index contributed by atoms with van der Waals surface area (Å²) in [5, 5.41) is 3.84. The summed E-state index contributed by atoms with van der Waals surface area (Å²) in [4.78, 5) is 19.6. The molecule has 2 aromatic carbocycles. The SMILES string of the molecule is CCCCC1(CCCC)CS(O)(O)c2cc(CP(=O)(O)O)c(OC)cc2C(c2ccccc2)N1. The van der Waals surface area contributed by atoms with Crippen molar-refractivity contribution < 1.29 is 28.2 Å². The molecule has 1 aliphatic rings. The Labute approximate surface area is 204 Å². The number of nitrogens with one attached hydrogen (secondary N) is 1. The van der Waals surface area contributed by atoms with Crippen molar-refractivity contribution in [2.75, 3.05) is 12.9 Å².